The van der Waals surface area contributed by atoms with Gasteiger partial charge in [-0.05, 0) is 59.3 Å². The Kier molecular flexibility index (Phi) is 4.86. The number of benzene rings is 2. The van der Waals surface area contributed by atoms with E-state index in [0.717, 1.165) is 10.0 Å². The van der Waals surface area contributed by atoms with Crippen molar-refractivity contribution in [1.29, 1.82) is 0 Å². The molecule has 6 heteroatoms. The van der Waals surface area contributed by atoms with Gasteiger partial charge < -0.3 is 10.1 Å². The van der Waals surface area contributed by atoms with E-state index in [1.165, 1.54) is 0 Å². The van der Waals surface area contributed by atoms with Crippen molar-refractivity contribution in [2.24, 2.45) is 0 Å². The van der Waals surface area contributed by atoms with Gasteiger partial charge in [0.1, 0.15) is 5.75 Å². The number of rotatable bonds is 4. The third-order valence-corrected chi connectivity index (χ3v) is 3.61. The minimum absolute atomic E-state index is 0.149. The number of carbonyl (C=O) groups is 1. The van der Waals surface area contributed by atoms with Crippen LogP contribution in [0.25, 0.3) is 0 Å². The summed E-state index contributed by atoms with van der Waals surface area (Å²) in [6.45, 7) is 1.95. The number of ether oxygens (including phenoxy) is 1. The average molecular weight is 384 g/mol. The van der Waals surface area contributed by atoms with Crippen LogP contribution < -0.4 is 10.1 Å². The maximum Gasteiger partial charge on any atom is 0.321 e. The zero-order valence-corrected chi connectivity index (χ0v) is 14.4. The maximum atomic E-state index is 12.2. The Morgan fingerprint density at radius 3 is 2.46 bits per heavy atom. The summed E-state index contributed by atoms with van der Waals surface area (Å²) in [6.07, 6.45) is 3.22. The lowest BCUT2D eigenvalue weighted by Gasteiger charge is -2.07. The number of carbonyl (C=O) groups excluding carboxylic acids is 1. The molecule has 120 valence electrons. The summed E-state index contributed by atoms with van der Waals surface area (Å²) in [5.74, 6) is 0.439. The van der Waals surface area contributed by atoms with Crippen molar-refractivity contribution in [3.8, 4) is 11.8 Å². The molecule has 0 saturated carbocycles. The standard InChI is InChI=1S/C18H14BrN3O2/c1-12-3-2-4-13(9-12)17(23)22-15-5-7-16(8-6-15)24-18-20-10-14(19)11-21-18/h2-11H,1H3,(H,22,23). The van der Waals surface area contributed by atoms with Gasteiger partial charge in [-0.25, -0.2) is 9.97 Å². The van der Waals surface area contributed by atoms with Gasteiger partial charge in [0.2, 0.25) is 0 Å². The van der Waals surface area contributed by atoms with Gasteiger partial charge in [-0.2, -0.15) is 0 Å². The number of anilines is 1. The predicted molar refractivity (Wildman–Crippen MR) is 95.4 cm³/mol. The normalized spacial score (nSPS) is 10.2. The third kappa shape index (κ3) is 4.17. The Hall–Kier alpha value is -2.73. The average Bonchev–Trinajstić information content (AvgIpc) is 2.59. The van der Waals surface area contributed by atoms with Gasteiger partial charge in [0.15, 0.2) is 0 Å². The predicted octanol–water partition coefficient (Wildman–Crippen LogP) is 4.59. The van der Waals surface area contributed by atoms with E-state index in [9.17, 15) is 4.79 Å². The molecule has 0 spiro atoms. The molecular formula is C18H14BrN3O2. The number of nitrogens with zero attached hydrogens (tertiary/aromatic N) is 2. The highest BCUT2D eigenvalue weighted by atomic mass is 79.9. The molecule has 1 N–H and O–H groups in total. The largest absolute Gasteiger partial charge is 0.424 e. The van der Waals surface area contributed by atoms with Crippen LogP contribution in [0, 0.1) is 6.92 Å². The van der Waals surface area contributed by atoms with E-state index in [-0.39, 0.29) is 11.9 Å². The Bertz CT molecular complexity index is 849. The molecule has 1 heterocycles. The summed E-state index contributed by atoms with van der Waals surface area (Å²) >= 11 is 3.27. The van der Waals surface area contributed by atoms with Crippen LogP contribution in [0.15, 0.2) is 65.4 Å². The number of nitrogens with one attached hydrogen (secondary N) is 1. The van der Waals surface area contributed by atoms with E-state index in [1.807, 2.05) is 25.1 Å². The minimum atomic E-state index is -0.149. The molecule has 24 heavy (non-hydrogen) atoms. The van der Waals surface area contributed by atoms with Crippen LogP contribution in [0.3, 0.4) is 0 Å². The number of halogens is 1. The molecule has 0 atom stereocenters. The zero-order valence-electron chi connectivity index (χ0n) is 12.9. The fraction of sp³-hybridized carbons (Fsp3) is 0.0556. The fourth-order valence-corrected chi connectivity index (χ4v) is 2.26. The van der Waals surface area contributed by atoms with Crippen LogP contribution in [0.1, 0.15) is 15.9 Å². The molecule has 0 aliphatic heterocycles. The number of hydrogen-bond acceptors (Lipinski definition) is 4. The first-order chi connectivity index (χ1) is 11.6. The molecule has 0 radical (unpaired) electrons. The van der Waals surface area contributed by atoms with Gasteiger partial charge in [-0.3, -0.25) is 4.79 Å². The van der Waals surface area contributed by atoms with E-state index in [2.05, 4.69) is 31.2 Å². The Morgan fingerprint density at radius 2 is 1.79 bits per heavy atom. The van der Waals surface area contributed by atoms with Crippen molar-refractivity contribution >= 4 is 27.5 Å². The third-order valence-electron chi connectivity index (χ3n) is 3.20. The van der Waals surface area contributed by atoms with Crippen LogP contribution in [-0.4, -0.2) is 15.9 Å². The van der Waals surface area contributed by atoms with Gasteiger partial charge in [-0.1, -0.05) is 17.7 Å². The maximum absolute atomic E-state index is 12.2. The lowest BCUT2D eigenvalue weighted by atomic mass is 10.1. The Balaban J connectivity index is 1.66. The molecule has 0 aliphatic rings. The van der Waals surface area contributed by atoms with Crippen molar-refractivity contribution in [2.45, 2.75) is 6.92 Å². The highest BCUT2D eigenvalue weighted by molar-refractivity contribution is 9.10. The summed E-state index contributed by atoms with van der Waals surface area (Å²) in [5, 5.41) is 2.85. The summed E-state index contributed by atoms with van der Waals surface area (Å²) in [6, 6.07) is 14.7. The second kappa shape index (κ2) is 7.23. The first kappa shape index (κ1) is 16.1. The number of hydrogen-bond donors (Lipinski definition) is 1. The van der Waals surface area contributed by atoms with Crippen molar-refractivity contribution in [3.63, 3.8) is 0 Å². The van der Waals surface area contributed by atoms with Gasteiger partial charge in [0.05, 0.1) is 4.47 Å². The SMILES string of the molecule is Cc1cccc(C(=O)Nc2ccc(Oc3ncc(Br)cn3)cc2)c1. The molecular weight excluding hydrogens is 370 g/mol. The van der Waals surface area contributed by atoms with E-state index < -0.39 is 0 Å². The molecule has 1 aromatic heterocycles. The lowest BCUT2D eigenvalue weighted by Crippen LogP contribution is -2.11. The smallest absolute Gasteiger partial charge is 0.321 e. The van der Waals surface area contributed by atoms with Crippen molar-refractivity contribution in [3.05, 3.63) is 76.5 Å². The van der Waals surface area contributed by atoms with Crippen molar-refractivity contribution in [1.82, 2.24) is 9.97 Å². The van der Waals surface area contributed by atoms with Gasteiger partial charge in [-0.15, -0.1) is 0 Å². The van der Waals surface area contributed by atoms with E-state index >= 15 is 0 Å². The summed E-state index contributed by atoms with van der Waals surface area (Å²) in [5.41, 5.74) is 2.35. The van der Waals surface area contributed by atoms with Crippen LogP contribution in [0.2, 0.25) is 0 Å². The molecule has 1 amide bonds. The molecule has 0 bridgehead atoms. The number of amides is 1. The summed E-state index contributed by atoms with van der Waals surface area (Å²) < 4.78 is 6.32. The van der Waals surface area contributed by atoms with E-state index in [1.54, 1.807) is 42.7 Å². The van der Waals surface area contributed by atoms with E-state index in [0.29, 0.717) is 17.0 Å². The highest BCUT2D eigenvalue weighted by Crippen LogP contribution is 2.21. The van der Waals surface area contributed by atoms with Crippen LogP contribution in [0.5, 0.6) is 11.8 Å². The van der Waals surface area contributed by atoms with Crippen LogP contribution in [-0.2, 0) is 0 Å². The van der Waals surface area contributed by atoms with Crippen molar-refractivity contribution < 1.29 is 9.53 Å². The Morgan fingerprint density at radius 1 is 1.08 bits per heavy atom. The molecule has 0 unspecified atom stereocenters. The molecule has 0 fully saturated rings. The van der Waals surface area contributed by atoms with Crippen molar-refractivity contribution in [2.75, 3.05) is 5.32 Å². The minimum Gasteiger partial charge on any atom is -0.424 e. The van der Waals surface area contributed by atoms with Crippen LogP contribution in [0.4, 0.5) is 5.69 Å². The molecule has 2 aromatic carbocycles. The molecule has 3 rings (SSSR count). The first-order valence-corrected chi connectivity index (χ1v) is 8.03. The topological polar surface area (TPSA) is 64.1 Å². The van der Waals surface area contributed by atoms with Gasteiger partial charge in [0.25, 0.3) is 5.91 Å². The first-order valence-electron chi connectivity index (χ1n) is 7.24. The zero-order chi connectivity index (χ0) is 16.9. The fourth-order valence-electron chi connectivity index (χ4n) is 2.05. The summed E-state index contributed by atoms with van der Waals surface area (Å²) in [7, 11) is 0. The number of aromatic nitrogens is 2. The highest BCUT2D eigenvalue weighted by Gasteiger charge is 2.06. The molecule has 0 aliphatic carbocycles. The Labute approximate surface area is 147 Å². The van der Waals surface area contributed by atoms with Crippen LogP contribution >= 0.6 is 15.9 Å². The number of aryl methyl sites for hydroxylation is 1. The lowest BCUT2D eigenvalue weighted by molar-refractivity contribution is 0.102. The monoisotopic (exact) mass is 383 g/mol. The molecule has 5 nitrogen and oxygen atoms in total. The van der Waals surface area contributed by atoms with Gasteiger partial charge in [0, 0.05) is 23.6 Å². The molecule has 0 saturated heterocycles. The van der Waals surface area contributed by atoms with E-state index in [4.69, 9.17) is 4.74 Å². The second-order valence-corrected chi connectivity index (χ2v) is 6.05. The summed E-state index contributed by atoms with van der Waals surface area (Å²) in [4.78, 5) is 20.3. The molecule has 3 aromatic rings. The van der Waals surface area contributed by atoms with Gasteiger partial charge >= 0.3 is 6.01 Å². The second-order valence-electron chi connectivity index (χ2n) is 5.13. The quantitative estimate of drug-likeness (QED) is 0.715.